The molecule has 2 rings (SSSR count). The average Bonchev–Trinajstić information content (AvgIpc) is 2.84. The summed E-state index contributed by atoms with van der Waals surface area (Å²) in [6.45, 7) is 0. The second kappa shape index (κ2) is 3.59. The van der Waals surface area contributed by atoms with Crippen LogP contribution in [0.2, 0.25) is 0 Å². The zero-order valence-electron chi connectivity index (χ0n) is 7.59. The van der Waals surface area contributed by atoms with Crippen LogP contribution in [0.3, 0.4) is 0 Å². The topological polar surface area (TPSA) is 20.2 Å². The van der Waals surface area contributed by atoms with Crippen LogP contribution < -0.4 is 0 Å². The highest BCUT2D eigenvalue weighted by molar-refractivity contribution is 7.99. The molecule has 0 spiro atoms. The third-order valence-electron chi connectivity index (χ3n) is 3.03. The zero-order chi connectivity index (χ0) is 8.44. The minimum Gasteiger partial charge on any atom is -0.390 e. The van der Waals surface area contributed by atoms with Gasteiger partial charge < -0.3 is 5.11 Å². The summed E-state index contributed by atoms with van der Waals surface area (Å²) < 4.78 is 0. The number of hydrogen-bond donors (Lipinski definition) is 1. The zero-order valence-corrected chi connectivity index (χ0v) is 8.41. The summed E-state index contributed by atoms with van der Waals surface area (Å²) in [7, 11) is 0. The summed E-state index contributed by atoms with van der Waals surface area (Å²) in [6.07, 6.45) is 8.64. The van der Waals surface area contributed by atoms with Gasteiger partial charge in [0.25, 0.3) is 0 Å². The molecule has 1 nitrogen and oxygen atoms in total. The van der Waals surface area contributed by atoms with Crippen LogP contribution in [0.1, 0.15) is 44.9 Å². The fourth-order valence-electron chi connectivity index (χ4n) is 1.86. The molecule has 0 radical (unpaired) electrons. The Morgan fingerprint density at radius 1 is 1.33 bits per heavy atom. The lowest BCUT2D eigenvalue weighted by atomic mass is 10.1. The smallest absolute Gasteiger partial charge is 0.0650 e. The molecule has 1 saturated carbocycles. The molecule has 0 bridgehead atoms. The van der Waals surface area contributed by atoms with Gasteiger partial charge >= 0.3 is 0 Å². The van der Waals surface area contributed by atoms with Gasteiger partial charge in [-0.25, -0.2) is 0 Å². The Kier molecular flexibility index (Phi) is 2.66. The standard InChI is InChI=1S/C10H18OS/c11-10(6-7-10)5-4-9-3-1-2-8-12-9/h9,11H,1-8H2. The summed E-state index contributed by atoms with van der Waals surface area (Å²) in [6, 6.07) is 0. The van der Waals surface area contributed by atoms with Crippen molar-refractivity contribution >= 4 is 11.8 Å². The van der Waals surface area contributed by atoms with E-state index in [-0.39, 0.29) is 5.60 Å². The van der Waals surface area contributed by atoms with E-state index in [4.69, 9.17) is 0 Å². The van der Waals surface area contributed by atoms with Crippen molar-refractivity contribution in [3.63, 3.8) is 0 Å². The number of thioether (sulfide) groups is 1. The lowest BCUT2D eigenvalue weighted by Crippen LogP contribution is -2.14. The van der Waals surface area contributed by atoms with Crippen molar-refractivity contribution in [3.05, 3.63) is 0 Å². The molecule has 1 N–H and O–H groups in total. The van der Waals surface area contributed by atoms with E-state index in [0.717, 1.165) is 24.5 Å². The minimum atomic E-state index is -0.210. The number of aliphatic hydroxyl groups is 1. The Bertz CT molecular complexity index is 148. The number of rotatable bonds is 3. The third-order valence-corrected chi connectivity index (χ3v) is 4.50. The second-order valence-electron chi connectivity index (χ2n) is 4.25. The Morgan fingerprint density at radius 3 is 2.75 bits per heavy atom. The van der Waals surface area contributed by atoms with Crippen LogP contribution in [0.15, 0.2) is 0 Å². The summed E-state index contributed by atoms with van der Waals surface area (Å²) in [5.74, 6) is 1.35. The van der Waals surface area contributed by atoms with Gasteiger partial charge in [-0.05, 0) is 44.3 Å². The van der Waals surface area contributed by atoms with E-state index in [1.807, 2.05) is 0 Å². The van der Waals surface area contributed by atoms with Crippen molar-refractivity contribution in [1.82, 2.24) is 0 Å². The van der Waals surface area contributed by atoms with Crippen LogP contribution in [0.4, 0.5) is 0 Å². The van der Waals surface area contributed by atoms with Crippen LogP contribution in [0, 0.1) is 0 Å². The number of hydrogen-bond acceptors (Lipinski definition) is 2. The van der Waals surface area contributed by atoms with Crippen LogP contribution in [0.25, 0.3) is 0 Å². The van der Waals surface area contributed by atoms with Crippen molar-refractivity contribution < 1.29 is 5.11 Å². The molecule has 1 saturated heterocycles. The van der Waals surface area contributed by atoms with Gasteiger partial charge in [-0.1, -0.05) is 6.42 Å². The molecule has 2 heteroatoms. The van der Waals surface area contributed by atoms with Crippen molar-refractivity contribution in [2.45, 2.75) is 55.8 Å². The van der Waals surface area contributed by atoms with Crippen molar-refractivity contribution in [1.29, 1.82) is 0 Å². The van der Waals surface area contributed by atoms with E-state index in [9.17, 15) is 5.11 Å². The molecule has 1 unspecified atom stereocenters. The van der Waals surface area contributed by atoms with Gasteiger partial charge in [0.2, 0.25) is 0 Å². The first kappa shape index (κ1) is 8.89. The lowest BCUT2D eigenvalue weighted by molar-refractivity contribution is 0.137. The Hall–Kier alpha value is 0.310. The Morgan fingerprint density at radius 2 is 2.17 bits per heavy atom. The molecule has 12 heavy (non-hydrogen) atoms. The molecule has 0 aromatic carbocycles. The molecule has 0 aromatic heterocycles. The summed E-state index contributed by atoms with van der Waals surface area (Å²) in [4.78, 5) is 0. The van der Waals surface area contributed by atoms with Crippen LogP contribution >= 0.6 is 11.8 Å². The molecule has 2 aliphatic rings. The van der Waals surface area contributed by atoms with Gasteiger partial charge in [-0.15, -0.1) is 0 Å². The summed E-state index contributed by atoms with van der Waals surface area (Å²) >= 11 is 2.12. The van der Waals surface area contributed by atoms with E-state index < -0.39 is 0 Å². The maximum absolute atomic E-state index is 9.65. The quantitative estimate of drug-likeness (QED) is 0.731. The normalized spacial score (nSPS) is 33.2. The second-order valence-corrected chi connectivity index (χ2v) is 5.66. The molecular formula is C10H18OS. The molecule has 1 aliphatic carbocycles. The molecule has 0 amide bonds. The largest absolute Gasteiger partial charge is 0.390 e. The Labute approximate surface area is 78.9 Å². The predicted octanol–water partition coefficient (Wildman–Crippen LogP) is 2.58. The van der Waals surface area contributed by atoms with Crippen LogP contribution in [-0.2, 0) is 0 Å². The first-order chi connectivity index (χ1) is 5.79. The molecule has 1 atom stereocenters. The minimum absolute atomic E-state index is 0.210. The lowest BCUT2D eigenvalue weighted by Gasteiger charge is -2.22. The van der Waals surface area contributed by atoms with Crippen molar-refractivity contribution in [2.75, 3.05) is 5.75 Å². The fourth-order valence-corrected chi connectivity index (χ4v) is 3.18. The first-order valence-corrected chi connectivity index (χ1v) is 6.17. The molecule has 1 heterocycles. The molecule has 1 aliphatic heterocycles. The fraction of sp³-hybridized carbons (Fsp3) is 1.00. The SMILES string of the molecule is OC1(CCC2CCCCS2)CC1. The first-order valence-electron chi connectivity index (χ1n) is 5.13. The highest BCUT2D eigenvalue weighted by atomic mass is 32.2. The van der Waals surface area contributed by atoms with E-state index in [1.165, 1.54) is 31.4 Å². The maximum Gasteiger partial charge on any atom is 0.0650 e. The highest BCUT2D eigenvalue weighted by Crippen LogP contribution is 2.41. The van der Waals surface area contributed by atoms with E-state index in [2.05, 4.69) is 11.8 Å². The van der Waals surface area contributed by atoms with Gasteiger partial charge in [0.1, 0.15) is 0 Å². The van der Waals surface area contributed by atoms with Gasteiger partial charge in [0.15, 0.2) is 0 Å². The highest BCUT2D eigenvalue weighted by Gasteiger charge is 2.40. The third kappa shape index (κ3) is 2.40. The van der Waals surface area contributed by atoms with Gasteiger partial charge in [0.05, 0.1) is 5.60 Å². The molecule has 70 valence electrons. The summed E-state index contributed by atoms with van der Waals surface area (Å²) in [5.41, 5.74) is -0.210. The van der Waals surface area contributed by atoms with E-state index >= 15 is 0 Å². The molecule has 2 fully saturated rings. The van der Waals surface area contributed by atoms with Crippen LogP contribution in [0.5, 0.6) is 0 Å². The predicted molar refractivity (Wildman–Crippen MR) is 53.5 cm³/mol. The molecule has 0 aromatic rings. The van der Waals surface area contributed by atoms with Crippen LogP contribution in [-0.4, -0.2) is 21.7 Å². The average molecular weight is 186 g/mol. The van der Waals surface area contributed by atoms with Crippen molar-refractivity contribution in [2.24, 2.45) is 0 Å². The van der Waals surface area contributed by atoms with Gasteiger partial charge in [-0.3, -0.25) is 0 Å². The van der Waals surface area contributed by atoms with E-state index in [1.54, 1.807) is 0 Å². The van der Waals surface area contributed by atoms with Gasteiger partial charge in [0, 0.05) is 5.25 Å². The monoisotopic (exact) mass is 186 g/mol. The van der Waals surface area contributed by atoms with E-state index in [0.29, 0.717) is 0 Å². The van der Waals surface area contributed by atoms with Gasteiger partial charge in [-0.2, -0.15) is 11.8 Å². The maximum atomic E-state index is 9.65. The molecular weight excluding hydrogens is 168 g/mol. The Balaban J connectivity index is 1.65. The van der Waals surface area contributed by atoms with Crippen molar-refractivity contribution in [3.8, 4) is 0 Å². The summed E-state index contributed by atoms with van der Waals surface area (Å²) in [5, 5.41) is 10.5.